The number of aromatic nitrogens is 1. The average Bonchev–Trinajstić information content (AvgIpc) is 3.03. The summed E-state index contributed by atoms with van der Waals surface area (Å²) in [5, 5.41) is 2.07. The van der Waals surface area contributed by atoms with Gasteiger partial charge in [0.2, 0.25) is 0 Å². The second-order valence-corrected chi connectivity index (χ2v) is 7.03. The predicted octanol–water partition coefficient (Wildman–Crippen LogP) is 5.24. The van der Waals surface area contributed by atoms with Gasteiger partial charge in [-0.3, -0.25) is 4.79 Å². The Morgan fingerprint density at radius 3 is 2.44 bits per heavy atom. The first kappa shape index (κ1) is 17.9. The third-order valence-corrected chi connectivity index (χ3v) is 5.19. The van der Waals surface area contributed by atoms with Gasteiger partial charge in [-0.2, -0.15) is 13.2 Å². The van der Waals surface area contributed by atoms with Gasteiger partial charge in [-0.1, -0.05) is 31.4 Å². The Bertz CT molecular complexity index is 734. The molecule has 0 saturated carbocycles. The summed E-state index contributed by atoms with van der Waals surface area (Å²) in [6.07, 6.45) is 1.02. The molecule has 1 aliphatic heterocycles. The third-order valence-electron chi connectivity index (χ3n) is 4.30. The number of benzene rings is 1. The van der Waals surface area contributed by atoms with Gasteiger partial charge in [-0.15, -0.1) is 11.3 Å². The summed E-state index contributed by atoms with van der Waals surface area (Å²) < 4.78 is 38.6. The molecule has 1 fully saturated rings. The van der Waals surface area contributed by atoms with Crippen molar-refractivity contribution in [3.8, 4) is 10.6 Å². The fraction of sp³-hybridized carbons (Fsp3) is 0.444. The second-order valence-electron chi connectivity index (χ2n) is 6.18. The summed E-state index contributed by atoms with van der Waals surface area (Å²) in [7, 11) is 0. The van der Waals surface area contributed by atoms with E-state index in [4.69, 9.17) is 0 Å². The highest BCUT2D eigenvalue weighted by molar-refractivity contribution is 7.13. The Labute approximate surface area is 148 Å². The largest absolute Gasteiger partial charge is 0.416 e. The van der Waals surface area contributed by atoms with Crippen molar-refractivity contribution in [1.82, 2.24) is 9.88 Å². The van der Waals surface area contributed by atoms with E-state index in [1.165, 1.54) is 23.8 Å². The molecule has 1 aliphatic rings. The van der Waals surface area contributed by atoms with E-state index in [-0.39, 0.29) is 5.91 Å². The normalized spacial score (nSPS) is 16.4. The van der Waals surface area contributed by atoms with Crippen LogP contribution in [0.4, 0.5) is 13.2 Å². The maximum absolute atomic E-state index is 12.9. The van der Waals surface area contributed by atoms with E-state index in [1.54, 1.807) is 11.4 Å². The fourth-order valence-corrected chi connectivity index (χ4v) is 3.74. The van der Waals surface area contributed by atoms with Crippen LogP contribution >= 0.6 is 11.3 Å². The van der Waals surface area contributed by atoms with Crippen molar-refractivity contribution in [3.05, 3.63) is 40.9 Å². The molecule has 25 heavy (non-hydrogen) atoms. The number of hydrogen-bond donors (Lipinski definition) is 0. The molecule has 0 spiro atoms. The van der Waals surface area contributed by atoms with Crippen LogP contribution in [0.1, 0.15) is 48.2 Å². The number of carbonyl (C=O) groups excluding carboxylic acids is 1. The quantitative estimate of drug-likeness (QED) is 0.727. The summed E-state index contributed by atoms with van der Waals surface area (Å²) in [5.41, 5.74) is -0.0126. The molecule has 1 aromatic carbocycles. The molecule has 1 aromatic heterocycles. The van der Waals surface area contributed by atoms with Crippen LogP contribution in [0.3, 0.4) is 0 Å². The smallest absolute Gasteiger partial charge is 0.337 e. The highest BCUT2D eigenvalue weighted by Crippen LogP contribution is 2.33. The van der Waals surface area contributed by atoms with Gasteiger partial charge in [-0.25, -0.2) is 4.98 Å². The van der Waals surface area contributed by atoms with Crippen LogP contribution in [0.15, 0.2) is 29.6 Å². The minimum absolute atomic E-state index is 0.128. The highest BCUT2D eigenvalue weighted by Gasteiger charge is 2.30. The number of likely N-dealkylation sites (tertiary alicyclic amines) is 1. The van der Waals surface area contributed by atoms with Crippen molar-refractivity contribution in [2.45, 2.75) is 38.3 Å². The first-order chi connectivity index (χ1) is 11.9. The van der Waals surface area contributed by atoms with E-state index < -0.39 is 11.7 Å². The van der Waals surface area contributed by atoms with E-state index in [2.05, 4.69) is 4.98 Å². The Hall–Kier alpha value is -1.89. The molecule has 0 bridgehead atoms. The summed E-state index contributed by atoms with van der Waals surface area (Å²) in [6, 6.07) is 5.05. The van der Waals surface area contributed by atoms with Crippen LogP contribution < -0.4 is 0 Å². The average molecular weight is 368 g/mol. The topological polar surface area (TPSA) is 33.2 Å². The molecule has 0 N–H and O–H groups in total. The summed E-state index contributed by atoms with van der Waals surface area (Å²) >= 11 is 1.20. The van der Waals surface area contributed by atoms with Crippen molar-refractivity contribution in [3.63, 3.8) is 0 Å². The van der Waals surface area contributed by atoms with Gasteiger partial charge >= 0.3 is 6.18 Å². The maximum atomic E-state index is 12.9. The zero-order valence-corrected chi connectivity index (χ0v) is 14.5. The Balaban J connectivity index is 1.79. The van der Waals surface area contributed by atoms with Crippen molar-refractivity contribution >= 4 is 17.2 Å². The van der Waals surface area contributed by atoms with Crippen molar-refractivity contribution in [2.75, 3.05) is 13.1 Å². The van der Waals surface area contributed by atoms with Crippen molar-refractivity contribution < 1.29 is 18.0 Å². The van der Waals surface area contributed by atoms with Gasteiger partial charge in [0, 0.05) is 24.0 Å². The monoisotopic (exact) mass is 368 g/mol. The fourth-order valence-electron chi connectivity index (χ4n) is 2.95. The van der Waals surface area contributed by atoms with Gasteiger partial charge in [0.1, 0.15) is 10.7 Å². The van der Waals surface area contributed by atoms with E-state index >= 15 is 0 Å². The van der Waals surface area contributed by atoms with Gasteiger partial charge in [0.25, 0.3) is 5.91 Å². The lowest BCUT2D eigenvalue weighted by Gasteiger charge is -2.23. The highest BCUT2D eigenvalue weighted by atomic mass is 32.1. The van der Waals surface area contributed by atoms with E-state index in [1.807, 2.05) is 4.90 Å². The molecule has 0 unspecified atom stereocenters. The molecule has 0 aliphatic carbocycles. The van der Waals surface area contributed by atoms with Gasteiger partial charge < -0.3 is 4.90 Å². The Morgan fingerprint density at radius 1 is 1.08 bits per heavy atom. The molecule has 0 atom stereocenters. The number of rotatable bonds is 2. The number of carbonyl (C=O) groups is 1. The number of nitrogens with zero attached hydrogens (tertiary/aromatic N) is 2. The standard InChI is InChI=1S/C18H19F3N2OS/c19-18(20,21)14-8-6-7-13(11-14)16-22-15(12-25-16)17(24)23-9-4-2-1-3-5-10-23/h6-8,11-12H,1-5,9-10H2. The number of amides is 1. The predicted molar refractivity (Wildman–Crippen MR) is 91.5 cm³/mol. The molecule has 134 valence electrons. The lowest BCUT2D eigenvalue weighted by molar-refractivity contribution is -0.137. The van der Waals surface area contributed by atoms with E-state index in [0.717, 1.165) is 50.9 Å². The minimum atomic E-state index is -4.39. The van der Waals surface area contributed by atoms with Crippen LogP contribution in [0.25, 0.3) is 10.6 Å². The summed E-state index contributed by atoms with van der Waals surface area (Å²) in [6.45, 7) is 1.44. The number of alkyl halides is 3. The maximum Gasteiger partial charge on any atom is 0.416 e. The zero-order valence-electron chi connectivity index (χ0n) is 13.7. The van der Waals surface area contributed by atoms with E-state index in [9.17, 15) is 18.0 Å². The zero-order chi connectivity index (χ0) is 17.9. The molecule has 2 heterocycles. The van der Waals surface area contributed by atoms with Gasteiger partial charge in [-0.05, 0) is 25.0 Å². The van der Waals surface area contributed by atoms with Crippen LogP contribution in [-0.4, -0.2) is 28.9 Å². The van der Waals surface area contributed by atoms with Crippen LogP contribution in [0, 0.1) is 0 Å². The molecule has 1 amide bonds. The lowest BCUT2D eigenvalue weighted by Crippen LogP contribution is -2.34. The summed E-state index contributed by atoms with van der Waals surface area (Å²) in [5.74, 6) is -0.128. The van der Waals surface area contributed by atoms with Crippen LogP contribution in [0.2, 0.25) is 0 Å². The minimum Gasteiger partial charge on any atom is -0.337 e. The first-order valence-electron chi connectivity index (χ1n) is 8.37. The van der Waals surface area contributed by atoms with Crippen molar-refractivity contribution in [1.29, 1.82) is 0 Å². The lowest BCUT2D eigenvalue weighted by atomic mass is 10.1. The molecular weight excluding hydrogens is 349 g/mol. The first-order valence-corrected chi connectivity index (χ1v) is 9.25. The molecule has 7 heteroatoms. The van der Waals surface area contributed by atoms with Gasteiger partial charge in [0.05, 0.1) is 5.56 Å². The van der Waals surface area contributed by atoms with Gasteiger partial charge in [0.15, 0.2) is 0 Å². The SMILES string of the molecule is O=C(c1csc(-c2cccc(C(F)(F)F)c2)n1)N1CCCCCCC1. The molecular formula is C18H19F3N2OS. The van der Waals surface area contributed by atoms with E-state index in [0.29, 0.717) is 16.3 Å². The van der Waals surface area contributed by atoms with Crippen LogP contribution in [-0.2, 0) is 6.18 Å². The van der Waals surface area contributed by atoms with Crippen LogP contribution in [0.5, 0.6) is 0 Å². The Morgan fingerprint density at radius 2 is 1.76 bits per heavy atom. The molecule has 0 radical (unpaired) electrons. The second kappa shape index (κ2) is 7.56. The number of thiazole rings is 1. The summed E-state index contributed by atoms with van der Waals surface area (Å²) in [4.78, 5) is 18.7. The Kier molecular flexibility index (Phi) is 5.42. The molecule has 1 saturated heterocycles. The number of hydrogen-bond acceptors (Lipinski definition) is 3. The number of halogens is 3. The molecule has 3 rings (SSSR count). The van der Waals surface area contributed by atoms with Crippen molar-refractivity contribution in [2.24, 2.45) is 0 Å². The molecule has 3 nitrogen and oxygen atoms in total. The third kappa shape index (κ3) is 4.39. The molecule has 2 aromatic rings.